The number of rotatable bonds is 10. The Morgan fingerprint density at radius 1 is 1.42 bits per heavy atom. The predicted octanol–water partition coefficient (Wildman–Crippen LogP) is 2.04. The predicted molar refractivity (Wildman–Crippen MR) is 78.2 cm³/mol. The molecule has 0 spiro atoms. The van der Waals surface area contributed by atoms with Crippen LogP contribution in [0.3, 0.4) is 0 Å². The zero-order valence-corrected chi connectivity index (χ0v) is 13.0. The zero-order chi connectivity index (χ0) is 14.3. The number of carbonyl (C=O) groups excluding carboxylic acids is 1. The van der Waals surface area contributed by atoms with E-state index in [0.29, 0.717) is 0 Å². The lowest BCUT2D eigenvalue weighted by Gasteiger charge is -2.29. The van der Waals surface area contributed by atoms with E-state index in [-0.39, 0.29) is 5.97 Å². The van der Waals surface area contributed by atoms with Crippen molar-refractivity contribution in [2.75, 3.05) is 33.3 Å². The third-order valence-electron chi connectivity index (χ3n) is 4.01. The molecule has 1 unspecified atom stereocenters. The lowest BCUT2D eigenvalue weighted by Crippen LogP contribution is -2.50. The molecule has 1 fully saturated rings. The molecule has 4 heteroatoms. The molecule has 0 aromatic carbocycles. The summed E-state index contributed by atoms with van der Waals surface area (Å²) in [4.78, 5) is 14.4. The van der Waals surface area contributed by atoms with Gasteiger partial charge in [-0.25, -0.2) is 0 Å². The summed E-state index contributed by atoms with van der Waals surface area (Å²) in [6.07, 6.45) is 4.65. The van der Waals surface area contributed by atoms with E-state index in [9.17, 15) is 4.79 Å². The second-order valence-electron chi connectivity index (χ2n) is 5.79. The molecule has 0 bridgehead atoms. The Hall–Kier alpha value is -0.610. The van der Waals surface area contributed by atoms with Crippen LogP contribution in [-0.2, 0) is 9.53 Å². The summed E-state index contributed by atoms with van der Waals surface area (Å²) in [6.45, 7) is 10.4. The topological polar surface area (TPSA) is 41.6 Å². The van der Waals surface area contributed by atoms with Crippen molar-refractivity contribution in [3.63, 3.8) is 0 Å². The maximum atomic E-state index is 11.9. The van der Waals surface area contributed by atoms with Crippen molar-refractivity contribution >= 4 is 5.97 Å². The first-order chi connectivity index (χ1) is 9.05. The number of ether oxygens (including phenoxy) is 1. The summed E-state index contributed by atoms with van der Waals surface area (Å²) in [6, 6.07) is 0. The van der Waals surface area contributed by atoms with Crippen molar-refractivity contribution < 1.29 is 9.53 Å². The number of nitrogens with one attached hydrogen (secondary N) is 1. The number of hydrogen-bond acceptors (Lipinski definition) is 4. The van der Waals surface area contributed by atoms with Gasteiger partial charge in [0.15, 0.2) is 0 Å². The minimum Gasteiger partial charge on any atom is -0.468 e. The van der Waals surface area contributed by atoms with Gasteiger partial charge in [-0.2, -0.15) is 0 Å². The fourth-order valence-corrected chi connectivity index (χ4v) is 2.58. The van der Waals surface area contributed by atoms with Crippen molar-refractivity contribution in [3.05, 3.63) is 0 Å². The van der Waals surface area contributed by atoms with Crippen molar-refractivity contribution in [1.29, 1.82) is 0 Å². The van der Waals surface area contributed by atoms with Gasteiger partial charge in [0.05, 0.1) is 7.11 Å². The number of carbonyl (C=O) groups is 1. The normalized spacial score (nSPS) is 18.4. The molecule has 1 saturated carbocycles. The number of esters is 1. The first-order valence-corrected chi connectivity index (χ1v) is 7.61. The average molecular weight is 270 g/mol. The molecule has 4 nitrogen and oxygen atoms in total. The highest BCUT2D eigenvalue weighted by Gasteiger charge is 2.33. The van der Waals surface area contributed by atoms with Crippen LogP contribution >= 0.6 is 0 Å². The van der Waals surface area contributed by atoms with Crippen LogP contribution in [0.2, 0.25) is 0 Å². The molecular formula is C15H30N2O2. The Bertz CT molecular complexity index is 279. The van der Waals surface area contributed by atoms with Crippen LogP contribution in [0.4, 0.5) is 0 Å². The molecule has 1 N–H and O–H groups in total. The van der Waals surface area contributed by atoms with Crippen LogP contribution in [-0.4, -0.2) is 49.7 Å². The number of likely N-dealkylation sites (N-methyl/N-ethyl adjacent to an activating group) is 1. The van der Waals surface area contributed by atoms with Crippen molar-refractivity contribution in [3.8, 4) is 0 Å². The standard InChI is InChI=1S/C15H30N2O2/c1-5-16-15(3,14(18)19-4)10-7-11-17(6-2)12-13-8-9-13/h13,16H,5-12H2,1-4H3. The maximum Gasteiger partial charge on any atom is 0.325 e. The van der Waals surface area contributed by atoms with E-state index in [4.69, 9.17) is 4.74 Å². The van der Waals surface area contributed by atoms with Gasteiger partial charge in [0.25, 0.3) is 0 Å². The van der Waals surface area contributed by atoms with Gasteiger partial charge in [0, 0.05) is 6.54 Å². The molecule has 0 radical (unpaired) electrons. The molecule has 0 heterocycles. The van der Waals surface area contributed by atoms with Gasteiger partial charge in [-0.3, -0.25) is 4.79 Å². The van der Waals surface area contributed by atoms with E-state index in [1.54, 1.807) is 0 Å². The molecule has 1 aliphatic rings. The minimum absolute atomic E-state index is 0.153. The first-order valence-electron chi connectivity index (χ1n) is 7.61. The van der Waals surface area contributed by atoms with Crippen LogP contribution in [0.15, 0.2) is 0 Å². The molecule has 0 aromatic heterocycles. The van der Waals surface area contributed by atoms with E-state index in [1.807, 2.05) is 13.8 Å². The number of hydrogen-bond donors (Lipinski definition) is 1. The number of nitrogens with zero attached hydrogens (tertiary/aromatic N) is 1. The van der Waals surface area contributed by atoms with Crippen molar-refractivity contribution in [1.82, 2.24) is 10.2 Å². The lowest BCUT2D eigenvalue weighted by atomic mass is 9.95. The van der Waals surface area contributed by atoms with Crippen LogP contribution in [0.5, 0.6) is 0 Å². The Kier molecular flexibility index (Phi) is 6.80. The fraction of sp³-hybridized carbons (Fsp3) is 0.933. The smallest absolute Gasteiger partial charge is 0.325 e. The number of methoxy groups -OCH3 is 1. The maximum absolute atomic E-state index is 11.9. The molecule has 0 saturated heterocycles. The second-order valence-corrected chi connectivity index (χ2v) is 5.79. The summed E-state index contributed by atoms with van der Waals surface area (Å²) in [7, 11) is 1.46. The Morgan fingerprint density at radius 2 is 2.11 bits per heavy atom. The molecule has 19 heavy (non-hydrogen) atoms. The third kappa shape index (κ3) is 5.49. The van der Waals surface area contributed by atoms with Crippen molar-refractivity contribution in [2.45, 2.75) is 52.0 Å². The summed E-state index contributed by atoms with van der Waals surface area (Å²) in [5, 5.41) is 3.26. The zero-order valence-electron chi connectivity index (χ0n) is 13.0. The summed E-state index contributed by atoms with van der Waals surface area (Å²) >= 11 is 0. The molecule has 0 amide bonds. The van der Waals surface area contributed by atoms with E-state index in [0.717, 1.165) is 38.4 Å². The summed E-state index contributed by atoms with van der Waals surface area (Å²) in [5.41, 5.74) is -0.539. The first kappa shape index (κ1) is 16.4. The monoisotopic (exact) mass is 270 g/mol. The Balaban J connectivity index is 2.35. The van der Waals surface area contributed by atoms with Crippen LogP contribution < -0.4 is 5.32 Å². The van der Waals surface area contributed by atoms with Gasteiger partial charge in [0.2, 0.25) is 0 Å². The van der Waals surface area contributed by atoms with Gasteiger partial charge >= 0.3 is 5.97 Å². The van der Waals surface area contributed by atoms with Gasteiger partial charge < -0.3 is 15.0 Å². The molecule has 112 valence electrons. The highest BCUT2D eigenvalue weighted by molar-refractivity contribution is 5.80. The van der Waals surface area contributed by atoms with Gasteiger partial charge in [0.1, 0.15) is 5.54 Å². The molecule has 0 aromatic rings. The van der Waals surface area contributed by atoms with Gasteiger partial charge in [-0.15, -0.1) is 0 Å². The SMILES string of the molecule is CCNC(C)(CCCN(CC)CC1CC1)C(=O)OC. The highest BCUT2D eigenvalue weighted by atomic mass is 16.5. The van der Waals surface area contributed by atoms with Crippen LogP contribution in [0.25, 0.3) is 0 Å². The largest absolute Gasteiger partial charge is 0.468 e. The van der Waals surface area contributed by atoms with Crippen LogP contribution in [0.1, 0.15) is 46.5 Å². The quantitative estimate of drug-likeness (QED) is 0.617. The van der Waals surface area contributed by atoms with Gasteiger partial charge in [-0.1, -0.05) is 13.8 Å². The fourth-order valence-electron chi connectivity index (χ4n) is 2.58. The summed E-state index contributed by atoms with van der Waals surface area (Å²) in [5.74, 6) is 0.778. The molecule has 1 aliphatic carbocycles. The van der Waals surface area contributed by atoms with Crippen LogP contribution in [0, 0.1) is 5.92 Å². The average Bonchev–Trinajstić information content (AvgIpc) is 3.20. The van der Waals surface area contributed by atoms with Crippen molar-refractivity contribution in [2.24, 2.45) is 5.92 Å². The molecule has 1 atom stereocenters. The van der Waals surface area contributed by atoms with Gasteiger partial charge in [-0.05, 0) is 58.2 Å². The minimum atomic E-state index is -0.539. The van der Waals surface area contributed by atoms with E-state index < -0.39 is 5.54 Å². The second kappa shape index (κ2) is 7.85. The Labute approximate surface area is 117 Å². The summed E-state index contributed by atoms with van der Waals surface area (Å²) < 4.78 is 4.91. The highest BCUT2D eigenvalue weighted by Crippen LogP contribution is 2.29. The van der Waals surface area contributed by atoms with E-state index >= 15 is 0 Å². The Morgan fingerprint density at radius 3 is 2.58 bits per heavy atom. The molecule has 1 rings (SSSR count). The van der Waals surface area contributed by atoms with E-state index in [1.165, 1.54) is 26.5 Å². The third-order valence-corrected chi connectivity index (χ3v) is 4.01. The van der Waals surface area contributed by atoms with E-state index in [2.05, 4.69) is 17.1 Å². The molecule has 0 aliphatic heterocycles. The lowest BCUT2D eigenvalue weighted by molar-refractivity contribution is -0.148. The molecular weight excluding hydrogens is 240 g/mol.